The summed E-state index contributed by atoms with van der Waals surface area (Å²) in [6.45, 7) is 1.27. The van der Waals surface area contributed by atoms with Crippen LogP contribution in [0.1, 0.15) is 11.4 Å². The molecule has 2 rings (SSSR count). The predicted molar refractivity (Wildman–Crippen MR) is 105 cm³/mol. The molecular formula is C14H19Cl2IN6. The van der Waals surface area contributed by atoms with Crippen molar-refractivity contribution in [2.75, 3.05) is 13.6 Å². The number of aromatic nitrogens is 3. The van der Waals surface area contributed by atoms with E-state index >= 15 is 0 Å². The lowest BCUT2D eigenvalue weighted by atomic mass is 10.1. The highest BCUT2D eigenvalue weighted by molar-refractivity contribution is 14.0. The maximum atomic E-state index is 5.98. The number of guanidine groups is 1. The van der Waals surface area contributed by atoms with Crippen LogP contribution in [0.4, 0.5) is 0 Å². The Balaban J connectivity index is 0.00000264. The van der Waals surface area contributed by atoms with Crippen LogP contribution in [-0.2, 0) is 20.0 Å². The summed E-state index contributed by atoms with van der Waals surface area (Å²) < 4.78 is 1.72. The van der Waals surface area contributed by atoms with Gasteiger partial charge in [-0.15, -0.1) is 24.0 Å². The van der Waals surface area contributed by atoms with Crippen molar-refractivity contribution in [1.29, 1.82) is 0 Å². The van der Waals surface area contributed by atoms with Crippen molar-refractivity contribution < 1.29 is 0 Å². The first-order chi connectivity index (χ1) is 10.6. The number of hydrogen-bond donors (Lipinski definition) is 2. The Labute approximate surface area is 162 Å². The summed E-state index contributed by atoms with van der Waals surface area (Å²) in [6, 6.07) is 5.54. The summed E-state index contributed by atoms with van der Waals surface area (Å²) >= 11 is 12.0. The molecule has 0 radical (unpaired) electrons. The number of nitrogens with zero attached hydrogens (tertiary/aromatic N) is 4. The Kier molecular flexibility index (Phi) is 8.64. The van der Waals surface area contributed by atoms with E-state index in [-0.39, 0.29) is 24.0 Å². The summed E-state index contributed by atoms with van der Waals surface area (Å²) in [4.78, 5) is 8.31. The number of benzene rings is 1. The second-order valence-corrected chi connectivity index (χ2v) is 5.55. The molecular weight excluding hydrogens is 450 g/mol. The van der Waals surface area contributed by atoms with E-state index in [2.05, 4.69) is 25.7 Å². The number of aliphatic imine (C=N–C) groups is 1. The van der Waals surface area contributed by atoms with Gasteiger partial charge in [-0.3, -0.25) is 9.67 Å². The van der Waals surface area contributed by atoms with Gasteiger partial charge in [0, 0.05) is 30.7 Å². The topological polar surface area (TPSA) is 67.1 Å². The van der Waals surface area contributed by atoms with E-state index < -0.39 is 0 Å². The van der Waals surface area contributed by atoms with E-state index in [1.165, 1.54) is 6.33 Å². The van der Waals surface area contributed by atoms with Gasteiger partial charge in [-0.2, -0.15) is 5.10 Å². The average molecular weight is 469 g/mol. The number of nitrogens with one attached hydrogen (secondary N) is 2. The van der Waals surface area contributed by atoms with Crippen LogP contribution >= 0.6 is 47.2 Å². The molecule has 23 heavy (non-hydrogen) atoms. The van der Waals surface area contributed by atoms with Gasteiger partial charge in [-0.25, -0.2) is 4.98 Å². The minimum Gasteiger partial charge on any atom is -0.356 e. The molecule has 0 saturated carbocycles. The maximum Gasteiger partial charge on any atom is 0.191 e. The van der Waals surface area contributed by atoms with Gasteiger partial charge in [0.1, 0.15) is 12.2 Å². The summed E-state index contributed by atoms with van der Waals surface area (Å²) in [5.74, 6) is 1.54. The summed E-state index contributed by atoms with van der Waals surface area (Å²) in [7, 11) is 3.57. The van der Waals surface area contributed by atoms with Gasteiger partial charge in [0.25, 0.3) is 0 Å². The Bertz CT molecular complexity index is 638. The molecule has 1 heterocycles. The number of hydrogen-bond acceptors (Lipinski definition) is 3. The van der Waals surface area contributed by atoms with Crippen molar-refractivity contribution >= 4 is 53.1 Å². The van der Waals surface area contributed by atoms with Crippen LogP contribution in [0.2, 0.25) is 10.0 Å². The zero-order chi connectivity index (χ0) is 15.9. The third-order valence-corrected chi connectivity index (χ3v) is 3.51. The van der Waals surface area contributed by atoms with Gasteiger partial charge >= 0.3 is 0 Å². The summed E-state index contributed by atoms with van der Waals surface area (Å²) in [5.41, 5.74) is 1.08. The van der Waals surface area contributed by atoms with Crippen molar-refractivity contribution in [3.63, 3.8) is 0 Å². The van der Waals surface area contributed by atoms with E-state index in [9.17, 15) is 0 Å². The number of aryl methyl sites for hydroxylation is 1. The van der Waals surface area contributed by atoms with Gasteiger partial charge in [-0.1, -0.05) is 23.2 Å². The fourth-order valence-electron chi connectivity index (χ4n) is 1.94. The van der Waals surface area contributed by atoms with Crippen LogP contribution in [0.5, 0.6) is 0 Å². The quantitative estimate of drug-likeness (QED) is 0.402. The summed E-state index contributed by atoms with van der Waals surface area (Å²) in [5, 5.41) is 11.7. The van der Waals surface area contributed by atoms with Gasteiger partial charge in [-0.05, 0) is 30.2 Å². The fraction of sp³-hybridized carbons (Fsp3) is 0.357. The highest BCUT2D eigenvalue weighted by Gasteiger charge is 2.03. The molecule has 2 N–H and O–H groups in total. The fourth-order valence-corrected chi connectivity index (χ4v) is 2.52. The SMILES string of the molecule is CN=C(NCCc1cc(Cl)cc(Cl)c1)NCc1ncnn1C.I. The lowest BCUT2D eigenvalue weighted by Crippen LogP contribution is -2.38. The largest absolute Gasteiger partial charge is 0.356 e. The van der Waals surface area contributed by atoms with Crippen LogP contribution in [0.3, 0.4) is 0 Å². The molecule has 9 heteroatoms. The standard InChI is InChI=1S/C14H18Cl2N6.HI/c1-17-14(19-8-13-20-9-21-22(13)2)18-4-3-10-5-11(15)7-12(16)6-10;/h5-7,9H,3-4,8H2,1-2H3,(H2,17,18,19);1H. The normalized spacial score (nSPS) is 11.0. The third kappa shape index (κ3) is 6.52. The van der Waals surface area contributed by atoms with Gasteiger partial charge in [0.05, 0.1) is 6.54 Å². The van der Waals surface area contributed by atoms with E-state index in [0.29, 0.717) is 22.5 Å². The minimum atomic E-state index is 0. The van der Waals surface area contributed by atoms with Crippen LogP contribution in [0.25, 0.3) is 0 Å². The lowest BCUT2D eigenvalue weighted by Gasteiger charge is -2.11. The van der Waals surface area contributed by atoms with Crippen LogP contribution in [0, 0.1) is 0 Å². The Hall–Kier alpha value is -1.06. The Morgan fingerprint density at radius 1 is 1.22 bits per heavy atom. The molecule has 0 bridgehead atoms. The number of rotatable bonds is 5. The van der Waals surface area contributed by atoms with Crippen molar-refractivity contribution in [3.05, 3.63) is 46.0 Å². The van der Waals surface area contributed by atoms with Gasteiger partial charge in [0.2, 0.25) is 0 Å². The molecule has 0 atom stereocenters. The average Bonchev–Trinajstić information content (AvgIpc) is 2.87. The van der Waals surface area contributed by atoms with E-state index in [4.69, 9.17) is 23.2 Å². The first-order valence-electron chi connectivity index (χ1n) is 6.81. The van der Waals surface area contributed by atoms with E-state index in [1.807, 2.05) is 19.2 Å². The molecule has 0 aliphatic rings. The minimum absolute atomic E-state index is 0. The van der Waals surface area contributed by atoms with Crippen molar-refractivity contribution in [3.8, 4) is 0 Å². The second kappa shape index (κ2) is 9.94. The lowest BCUT2D eigenvalue weighted by molar-refractivity contribution is 0.672. The van der Waals surface area contributed by atoms with E-state index in [1.54, 1.807) is 17.8 Å². The smallest absolute Gasteiger partial charge is 0.191 e. The zero-order valence-corrected chi connectivity index (χ0v) is 16.7. The van der Waals surface area contributed by atoms with Crippen molar-refractivity contribution in [1.82, 2.24) is 25.4 Å². The van der Waals surface area contributed by atoms with Gasteiger partial charge < -0.3 is 10.6 Å². The molecule has 0 aliphatic heterocycles. The maximum absolute atomic E-state index is 5.98. The highest BCUT2D eigenvalue weighted by Crippen LogP contribution is 2.19. The van der Waals surface area contributed by atoms with E-state index in [0.717, 1.165) is 24.4 Å². The molecule has 0 amide bonds. The first-order valence-corrected chi connectivity index (χ1v) is 7.56. The second-order valence-electron chi connectivity index (χ2n) is 4.68. The number of halogens is 3. The molecule has 0 aliphatic carbocycles. The molecule has 0 saturated heterocycles. The first kappa shape index (κ1) is 20.0. The van der Waals surface area contributed by atoms with Gasteiger partial charge in [0.15, 0.2) is 5.96 Å². The predicted octanol–water partition coefficient (Wildman–Crippen LogP) is 2.65. The van der Waals surface area contributed by atoms with Crippen LogP contribution in [-0.4, -0.2) is 34.3 Å². The molecule has 2 aromatic rings. The molecule has 0 unspecified atom stereocenters. The summed E-state index contributed by atoms with van der Waals surface area (Å²) in [6.07, 6.45) is 2.32. The molecule has 1 aromatic carbocycles. The monoisotopic (exact) mass is 468 g/mol. The van der Waals surface area contributed by atoms with Crippen molar-refractivity contribution in [2.24, 2.45) is 12.0 Å². The van der Waals surface area contributed by atoms with Crippen molar-refractivity contribution in [2.45, 2.75) is 13.0 Å². The van der Waals surface area contributed by atoms with Crippen LogP contribution in [0.15, 0.2) is 29.5 Å². The zero-order valence-electron chi connectivity index (χ0n) is 12.9. The third-order valence-electron chi connectivity index (χ3n) is 3.07. The molecule has 126 valence electrons. The van der Waals surface area contributed by atoms with Crippen LogP contribution < -0.4 is 10.6 Å². The Morgan fingerprint density at radius 2 is 1.91 bits per heavy atom. The molecule has 6 nitrogen and oxygen atoms in total. The molecule has 1 aromatic heterocycles. The highest BCUT2D eigenvalue weighted by atomic mass is 127. The Morgan fingerprint density at radius 3 is 2.48 bits per heavy atom. The molecule has 0 fully saturated rings. The molecule has 0 spiro atoms.